The zero-order chi connectivity index (χ0) is 13.4. The quantitative estimate of drug-likeness (QED) is 0.813. The lowest BCUT2D eigenvalue weighted by Gasteiger charge is -2.15. The third-order valence-corrected chi connectivity index (χ3v) is 4.31. The SMILES string of the molecule is Cc1cc(F)c(N)c(C)c1S(=O)(=O)NC(C)C. The summed E-state index contributed by atoms with van der Waals surface area (Å²) in [6.07, 6.45) is 0. The minimum Gasteiger partial charge on any atom is -0.396 e. The van der Waals surface area contributed by atoms with Crippen LogP contribution in [0, 0.1) is 19.7 Å². The van der Waals surface area contributed by atoms with Gasteiger partial charge in [-0.1, -0.05) is 0 Å². The Balaban J connectivity index is 3.47. The number of anilines is 1. The first-order valence-corrected chi connectivity index (χ1v) is 6.72. The first-order valence-electron chi connectivity index (χ1n) is 5.24. The Morgan fingerprint density at radius 1 is 1.35 bits per heavy atom. The molecule has 0 aliphatic heterocycles. The summed E-state index contributed by atoms with van der Waals surface area (Å²) in [4.78, 5) is 0.0603. The third-order valence-electron chi connectivity index (χ3n) is 2.36. The highest BCUT2D eigenvalue weighted by atomic mass is 32.2. The lowest BCUT2D eigenvalue weighted by Crippen LogP contribution is -2.31. The van der Waals surface area contributed by atoms with Gasteiger partial charge in [-0.05, 0) is 44.9 Å². The van der Waals surface area contributed by atoms with Gasteiger partial charge in [0.05, 0.1) is 10.6 Å². The molecule has 0 aliphatic rings. The van der Waals surface area contributed by atoms with E-state index in [0.29, 0.717) is 5.56 Å². The highest BCUT2D eigenvalue weighted by Gasteiger charge is 2.23. The van der Waals surface area contributed by atoms with Crippen LogP contribution in [0.4, 0.5) is 10.1 Å². The van der Waals surface area contributed by atoms with Crippen LogP contribution in [0.5, 0.6) is 0 Å². The molecule has 6 heteroatoms. The van der Waals surface area contributed by atoms with Crippen LogP contribution in [0.3, 0.4) is 0 Å². The summed E-state index contributed by atoms with van der Waals surface area (Å²) in [7, 11) is -3.66. The number of hydrogen-bond donors (Lipinski definition) is 2. The Bertz CT molecular complexity index is 539. The average Bonchev–Trinajstić information content (AvgIpc) is 2.11. The van der Waals surface area contributed by atoms with E-state index in [1.807, 2.05) is 0 Å². The molecule has 0 heterocycles. The maximum absolute atomic E-state index is 13.3. The monoisotopic (exact) mass is 260 g/mol. The zero-order valence-electron chi connectivity index (χ0n) is 10.3. The Kier molecular flexibility index (Phi) is 3.78. The highest BCUT2D eigenvalue weighted by Crippen LogP contribution is 2.27. The summed E-state index contributed by atoms with van der Waals surface area (Å²) in [5.41, 5.74) is 5.98. The van der Waals surface area contributed by atoms with Gasteiger partial charge in [-0.25, -0.2) is 17.5 Å². The van der Waals surface area contributed by atoms with Crippen molar-refractivity contribution in [2.24, 2.45) is 0 Å². The smallest absolute Gasteiger partial charge is 0.241 e. The lowest BCUT2D eigenvalue weighted by atomic mass is 10.1. The van der Waals surface area contributed by atoms with Crippen LogP contribution < -0.4 is 10.5 Å². The van der Waals surface area contributed by atoms with E-state index in [0.717, 1.165) is 6.07 Å². The second-order valence-corrected chi connectivity index (χ2v) is 5.97. The molecule has 0 radical (unpaired) electrons. The van der Waals surface area contributed by atoms with Crippen molar-refractivity contribution < 1.29 is 12.8 Å². The molecule has 1 rings (SSSR count). The Morgan fingerprint density at radius 3 is 2.35 bits per heavy atom. The van der Waals surface area contributed by atoms with E-state index >= 15 is 0 Å². The fourth-order valence-corrected chi connectivity index (χ4v) is 3.45. The molecule has 0 aliphatic carbocycles. The van der Waals surface area contributed by atoms with Crippen LogP contribution in [0.2, 0.25) is 0 Å². The van der Waals surface area contributed by atoms with Gasteiger partial charge >= 0.3 is 0 Å². The molecule has 0 amide bonds. The van der Waals surface area contributed by atoms with Crippen molar-refractivity contribution in [3.63, 3.8) is 0 Å². The van der Waals surface area contributed by atoms with Gasteiger partial charge in [0.15, 0.2) is 0 Å². The first-order chi connectivity index (χ1) is 7.66. The first kappa shape index (κ1) is 13.9. The summed E-state index contributed by atoms with van der Waals surface area (Å²) >= 11 is 0. The summed E-state index contributed by atoms with van der Waals surface area (Å²) in [5, 5.41) is 0. The minimum atomic E-state index is -3.66. The van der Waals surface area contributed by atoms with Gasteiger partial charge in [0.25, 0.3) is 0 Å². The molecule has 0 aromatic heterocycles. The molecule has 0 saturated heterocycles. The maximum Gasteiger partial charge on any atom is 0.241 e. The van der Waals surface area contributed by atoms with Crippen LogP contribution in [0.15, 0.2) is 11.0 Å². The van der Waals surface area contributed by atoms with Crippen molar-refractivity contribution in [2.45, 2.75) is 38.6 Å². The van der Waals surface area contributed by atoms with Crippen LogP contribution in [-0.4, -0.2) is 14.5 Å². The molecule has 0 bridgehead atoms. The van der Waals surface area contributed by atoms with Crippen molar-refractivity contribution in [1.82, 2.24) is 4.72 Å². The minimum absolute atomic E-state index is 0.0603. The lowest BCUT2D eigenvalue weighted by molar-refractivity contribution is 0.567. The number of benzene rings is 1. The molecule has 3 N–H and O–H groups in total. The molecule has 96 valence electrons. The number of nitrogens with one attached hydrogen (secondary N) is 1. The largest absolute Gasteiger partial charge is 0.396 e. The van der Waals surface area contributed by atoms with Gasteiger partial charge in [-0.2, -0.15) is 0 Å². The molecule has 0 atom stereocenters. The molecule has 0 saturated carbocycles. The Hall–Kier alpha value is -1.14. The molecule has 0 fully saturated rings. The van der Waals surface area contributed by atoms with E-state index in [1.54, 1.807) is 20.8 Å². The number of sulfonamides is 1. The number of rotatable bonds is 3. The Morgan fingerprint density at radius 2 is 1.88 bits per heavy atom. The summed E-state index contributed by atoms with van der Waals surface area (Å²) in [6, 6.07) is 0.905. The van der Waals surface area contributed by atoms with E-state index in [4.69, 9.17) is 5.73 Å². The second kappa shape index (κ2) is 4.62. The second-order valence-electron chi connectivity index (χ2n) is 4.32. The number of halogens is 1. The predicted molar refractivity (Wildman–Crippen MR) is 65.7 cm³/mol. The maximum atomic E-state index is 13.3. The van der Waals surface area contributed by atoms with Crippen molar-refractivity contribution in [2.75, 3.05) is 5.73 Å². The fraction of sp³-hybridized carbons (Fsp3) is 0.455. The van der Waals surface area contributed by atoms with Crippen LogP contribution in [0.1, 0.15) is 25.0 Å². The van der Waals surface area contributed by atoms with E-state index in [9.17, 15) is 12.8 Å². The normalized spacial score (nSPS) is 12.1. The van der Waals surface area contributed by atoms with E-state index < -0.39 is 15.8 Å². The number of aryl methyl sites for hydroxylation is 1. The molecule has 17 heavy (non-hydrogen) atoms. The highest BCUT2D eigenvalue weighted by molar-refractivity contribution is 7.89. The standard InChI is InChI=1S/C11H17FN2O2S/c1-6(2)14-17(15,16)11-7(3)5-9(12)10(13)8(11)4/h5-6,14H,13H2,1-4H3. The molecule has 4 nitrogen and oxygen atoms in total. The van der Waals surface area contributed by atoms with Gasteiger partial charge in [0.2, 0.25) is 10.0 Å². The van der Waals surface area contributed by atoms with Crippen molar-refractivity contribution in [1.29, 1.82) is 0 Å². The Labute approximate surface area is 101 Å². The van der Waals surface area contributed by atoms with E-state index in [2.05, 4.69) is 4.72 Å². The van der Waals surface area contributed by atoms with E-state index in [1.165, 1.54) is 6.92 Å². The zero-order valence-corrected chi connectivity index (χ0v) is 11.2. The molecule has 0 unspecified atom stereocenters. The number of nitrogen functional groups attached to an aromatic ring is 1. The molecule has 1 aromatic carbocycles. The van der Waals surface area contributed by atoms with Crippen molar-refractivity contribution in [3.05, 3.63) is 23.0 Å². The van der Waals surface area contributed by atoms with Crippen molar-refractivity contribution >= 4 is 15.7 Å². The van der Waals surface area contributed by atoms with E-state index in [-0.39, 0.29) is 22.2 Å². The molecular weight excluding hydrogens is 243 g/mol. The van der Waals surface area contributed by atoms with Crippen LogP contribution in [0.25, 0.3) is 0 Å². The molecular formula is C11H17FN2O2S. The third kappa shape index (κ3) is 2.76. The van der Waals surface area contributed by atoms with Gasteiger partial charge in [-0.15, -0.1) is 0 Å². The van der Waals surface area contributed by atoms with Gasteiger partial charge in [0.1, 0.15) is 5.82 Å². The van der Waals surface area contributed by atoms with Gasteiger partial charge < -0.3 is 5.73 Å². The number of nitrogens with two attached hydrogens (primary N) is 1. The summed E-state index contributed by atoms with van der Waals surface area (Å²) in [5.74, 6) is -0.594. The average molecular weight is 260 g/mol. The van der Waals surface area contributed by atoms with Gasteiger partial charge in [-0.3, -0.25) is 0 Å². The fourth-order valence-electron chi connectivity index (χ4n) is 1.71. The van der Waals surface area contributed by atoms with Crippen LogP contribution in [-0.2, 0) is 10.0 Å². The summed E-state index contributed by atoms with van der Waals surface area (Å²) in [6.45, 7) is 6.48. The van der Waals surface area contributed by atoms with Gasteiger partial charge in [0, 0.05) is 6.04 Å². The van der Waals surface area contributed by atoms with Crippen molar-refractivity contribution in [3.8, 4) is 0 Å². The predicted octanol–water partition coefficient (Wildman–Crippen LogP) is 1.71. The molecule has 0 spiro atoms. The van der Waals surface area contributed by atoms with Crippen LogP contribution >= 0.6 is 0 Å². The topological polar surface area (TPSA) is 72.2 Å². The number of hydrogen-bond acceptors (Lipinski definition) is 3. The summed E-state index contributed by atoms with van der Waals surface area (Å²) < 4.78 is 39.9. The molecule has 1 aromatic rings.